The second kappa shape index (κ2) is 4.19. The van der Waals surface area contributed by atoms with Crippen molar-refractivity contribution in [2.24, 2.45) is 11.3 Å². The van der Waals surface area contributed by atoms with Gasteiger partial charge >= 0.3 is 0 Å². The lowest BCUT2D eigenvalue weighted by atomic mass is 9.69. The maximum atomic E-state index is 11.8. The highest BCUT2D eigenvalue weighted by Crippen LogP contribution is 2.40. The third-order valence-corrected chi connectivity index (χ3v) is 3.43. The highest BCUT2D eigenvalue weighted by Gasteiger charge is 2.44. The zero-order valence-electron chi connectivity index (χ0n) is 8.79. The van der Waals surface area contributed by atoms with E-state index in [4.69, 9.17) is 10.00 Å². The Morgan fingerprint density at radius 2 is 2.40 bits per heavy atom. The van der Waals surface area contributed by atoms with Crippen LogP contribution in [0.1, 0.15) is 25.7 Å². The summed E-state index contributed by atoms with van der Waals surface area (Å²) in [6.45, 7) is 2.19. The van der Waals surface area contributed by atoms with Gasteiger partial charge in [0.2, 0.25) is 5.91 Å². The zero-order chi connectivity index (χ0) is 10.7. The molecule has 1 saturated heterocycles. The molecule has 0 bridgehead atoms. The fourth-order valence-corrected chi connectivity index (χ4v) is 2.07. The van der Waals surface area contributed by atoms with Gasteiger partial charge in [0.25, 0.3) is 0 Å². The fourth-order valence-electron chi connectivity index (χ4n) is 2.07. The van der Waals surface area contributed by atoms with Gasteiger partial charge in [-0.3, -0.25) is 4.79 Å². The van der Waals surface area contributed by atoms with Crippen LogP contribution in [0.3, 0.4) is 0 Å². The van der Waals surface area contributed by atoms with E-state index >= 15 is 0 Å². The monoisotopic (exact) mass is 208 g/mol. The van der Waals surface area contributed by atoms with Crippen molar-refractivity contribution in [1.82, 2.24) is 5.32 Å². The van der Waals surface area contributed by atoms with Gasteiger partial charge in [-0.2, -0.15) is 5.26 Å². The third kappa shape index (κ3) is 1.98. The Balaban J connectivity index is 1.79. The van der Waals surface area contributed by atoms with Gasteiger partial charge in [0, 0.05) is 19.1 Å². The number of hydrogen-bond acceptors (Lipinski definition) is 3. The van der Waals surface area contributed by atoms with Crippen LogP contribution in [0, 0.1) is 22.7 Å². The molecule has 1 aliphatic carbocycles. The molecule has 1 saturated carbocycles. The second-order valence-corrected chi connectivity index (χ2v) is 4.49. The smallest absolute Gasteiger partial charge is 0.240 e. The van der Waals surface area contributed by atoms with Gasteiger partial charge in [0.1, 0.15) is 5.41 Å². The van der Waals surface area contributed by atoms with E-state index in [0.29, 0.717) is 12.5 Å². The Hall–Kier alpha value is -1.08. The van der Waals surface area contributed by atoms with Crippen LogP contribution in [0.25, 0.3) is 0 Å². The molecule has 0 aromatic heterocycles. The highest BCUT2D eigenvalue weighted by atomic mass is 16.5. The van der Waals surface area contributed by atoms with Gasteiger partial charge in [-0.1, -0.05) is 0 Å². The zero-order valence-corrected chi connectivity index (χ0v) is 8.79. The quantitative estimate of drug-likeness (QED) is 0.747. The van der Waals surface area contributed by atoms with Crippen molar-refractivity contribution >= 4 is 5.91 Å². The first-order valence-corrected chi connectivity index (χ1v) is 5.54. The molecule has 0 radical (unpaired) electrons. The topological polar surface area (TPSA) is 62.1 Å². The van der Waals surface area contributed by atoms with Crippen LogP contribution in [-0.2, 0) is 9.53 Å². The molecule has 2 fully saturated rings. The molecular formula is C11H16N2O2. The fraction of sp³-hybridized carbons (Fsp3) is 0.818. The van der Waals surface area contributed by atoms with Gasteiger partial charge in [0.15, 0.2) is 0 Å². The Labute approximate surface area is 89.6 Å². The summed E-state index contributed by atoms with van der Waals surface area (Å²) in [7, 11) is 0. The van der Waals surface area contributed by atoms with Crippen LogP contribution < -0.4 is 5.32 Å². The van der Waals surface area contributed by atoms with Crippen molar-refractivity contribution in [2.75, 3.05) is 19.8 Å². The van der Waals surface area contributed by atoms with Crippen molar-refractivity contribution in [3.05, 3.63) is 0 Å². The molecule has 0 aromatic carbocycles. The van der Waals surface area contributed by atoms with Crippen LogP contribution in [0.5, 0.6) is 0 Å². The summed E-state index contributed by atoms with van der Waals surface area (Å²) in [4.78, 5) is 11.8. The first-order chi connectivity index (χ1) is 7.27. The molecular weight excluding hydrogens is 192 g/mol. The minimum Gasteiger partial charge on any atom is -0.381 e. The van der Waals surface area contributed by atoms with Crippen molar-refractivity contribution in [3.8, 4) is 6.07 Å². The van der Waals surface area contributed by atoms with E-state index in [1.165, 1.54) is 0 Å². The molecule has 0 aromatic rings. The normalized spacial score (nSPS) is 27.8. The molecule has 1 unspecified atom stereocenters. The van der Waals surface area contributed by atoms with Crippen molar-refractivity contribution in [3.63, 3.8) is 0 Å². The van der Waals surface area contributed by atoms with E-state index in [1.54, 1.807) is 0 Å². The number of carbonyl (C=O) groups is 1. The predicted molar refractivity (Wildman–Crippen MR) is 53.8 cm³/mol. The summed E-state index contributed by atoms with van der Waals surface area (Å²) >= 11 is 0. The van der Waals surface area contributed by atoms with E-state index in [2.05, 4.69) is 11.4 Å². The largest absolute Gasteiger partial charge is 0.381 e. The van der Waals surface area contributed by atoms with E-state index in [1.807, 2.05) is 0 Å². The molecule has 0 spiro atoms. The average Bonchev–Trinajstić information content (AvgIpc) is 2.66. The van der Waals surface area contributed by atoms with E-state index in [-0.39, 0.29) is 5.91 Å². The number of amides is 1. The third-order valence-electron chi connectivity index (χ3n) is 3.43. The Bertz CT molecular complexity index is 285. The molecule has 1 N–H and O–H groups in total. The minimum atomic E-state index is -0.709. The van der Waals surface area contributed by atoms with Gasteiger partial charge < -0.3 is 10.1 Å². The first-order valence-electron chi connectivity index (χ1n) is 5.54. The van der Waals surface area contributed by atoms with E-state index in [9.17, 15) is 4.79 Å². The van der Waals surface area contributed by atoms with Gasteiger partial charge in [-0.15, -0.1) is 0 Å². The molecule has 4 heteroatoms. The molecule has 1 heterocycles. The lowest BCUT2D eigenvalue weighted by Crippen LogP contribution is -2.46. The Morgan fingerprint density at radius 3 is 2.87 bits per heavy atom. The summed E-state index contributed by atoms with van der Waals surface area (Å²) in [5.74, 6) is 0.355. The second-order valence-electron chi connectivity index (χ2n) is 4.49. The van der Waals surface area contributed by atoms with Crippen LogP contribution in [-0.4, -0.2) is 25.7 Å². The molecule has 2 rings (SSSR count). The predicted octanol–water partition coefficient (Wildman–Crippen LogP) is 0.833. The molecule has 1 atom stereocenters. The Kier molecular flexibility index (Phi) is 2.92. The number of hydrogen-bond donors (Lipinski definition) is 1. The standard InChI is InChI=1S/C11H16N2O2/c12-8-11(3-1-4-11)10(14)13-6-9-2-5-15-7-9/h9H,1-7H2,(H,13,14). The van der Waals surface area contributed by atoms with Gasteiger partial charge in [0.05, 0.1) is 12.7 Å². The van der Waals surface area contributed by atoms with Crippen LogP contribution in [0.4, 0.5) is 0 Å². The SMILES string of the molecule is N#CC1(C(=O)NCC2CCOC2)CCC1. The van der Waals surface area contributed by atoms with Crippen molar-refractivity contribution in [2.45, 2.75) is 25.7 Å². The van der Waals surface area contributed by atoms with Crippen LogP contribution in [0.2, 0.25) is 0 Å². The summed E-state index contributed by atoms with van der Waals surface area (Å²) < 4.78 is 5.23. The molecule has 1 amide bonds. The molecule has 15 heavy (non-hydrogen) atoms. The minimum absolute atomic E-state index is 0.0804. The van der Waals surface area contributed by atoms with Crippen LogP contribution in [0.15, 0.2) is 0 Å². The van der Waals surface area contributed by atoms with E-state index < -0.39 is 5.41 Å². The van der Waals surface area contributed by atoms with Crippen molar-refractivity contribution < 1.29 is 9.53 Å². The highest BCUT2D eigenvalue weighted by molar-refractivity contribution is 5.86. The van der Waals surface area contributed by atoms with Gasteiger partial charge in [-0.25, -0.2) is 0 Å². The number of carbonyl (C=O) groups excluding carboxylic acids is 1. The van der Waals surface area contributed by atoms with E-state index in [0.717, 1.165) is 38.9 Å². The lowest BCUT2D eigenvalue weighted by molar-refractivity contribution is -0.131. The summed E-state index contributed by atoms with van der Waals surface area (Å²) in [6.07, 6.45) is 3.44. The Morgan fingerprint density at radius 1 is 1.60 bits per heavy atom. The number of rotatable bonds is 3. The van der Waals surface area contributed by atoms with Gasteiger partial charge in [-0.05, 0) is 25.7 Å². The molecule has 82 valence electrons. The summed E-state index contributed by atoms with van der Waals surface area (Å²) in [6, 6.07) is 2.15. The number of ether oxygens (including phenoxy) is 1. The molecule has 4 nitrogen and oxygen atoms in total. The number of nitrogens with one attached hydrogen (secondary N) is 1. The van der Waals surface area contributed by atoms with Crippen molar-refractivity contribution in [1.29, 1.82) is 5.26 Å². The lowest BCUT2D eigenvalue weighted by Gasteiger charge is -2.33. The maximum absolute atomic E-state index is 11.8. The van der Waals surface area contributed by atoms with Crippen LogP contribution >= 0.6 is 0 Å². The number of nitriles is 1. The first kappa shape index (κ1) is 10.4. The number of nitrogens with zero attached hydrogens (tertiary/aromatic N) is 1. The summed E-state index contributed by atoms with van der Waals surface area (Å²) in [5.41, 5.74) is -0.709. The summed E-state index contributed by atoms with van der Waals surface area (Å²) in [5, 5.41) is 11.8. The maximum Gasteiger partial charge on any atom is 0.240 e. The molecule has 2 aliphatic rings. The average molecular weight is 208 g/mol. The molecule has 1 aliphatic heterocycles.